The quantitative estimate of drug-likeness (QED) is 0.890. The number of halogens is 1. The van der Waals surface area contributed by atoms with Crippen molar-refractivity contribution in [3.63, 3.8) is 0 Å². The van der Waals surface area contributed by atoms with Gasteiger partial charge in [0, 0.05) is 4.47 Å². The Morgan fingerprint density at radius 2 is 2.05 bits per heavy atom. The predicted octanol–water partition coefficient (Wildman–Crippen LogP) is 4.04. The fourth-order valence-electron chi connectivity index (χ4n) is 2.45. The third kappa shape index (κ3) is 2.30. The zero-order valence-electron chi connectivity index (χ0n) is 10.6. The molecule has 1 amide bonds. The molecule has 0 aromatic heterocycles. The van der Waals surface area contributed by atoms with E-state index in [4.69, 9.17) is 0 Å². The van der Waals surface area contributed by atoms with Crippen LogP contribution in [0.5, 0.6) is 0 Å². The Morgan fingerprint density at radius 3 is 2.84 bits per heavy atom. The number of anilines is 1. The molecule has 0 bridgehead atoms. The summed E-state index contributed by atoms with van der Waals surface area (Å²) >= 11 is 3.46. The molecule has 0 heterocycles. The third-order valence-corrected chi connectivity index (χ3v) is 4.24. The summed E-state index contributed by atoms with van der Waals surface area (Å²) in [6.07, 6.45) is 0.839. The average Bonchev–Trinajstić information content (AvgIpc) is 2.35. The van der Waals surface area contributed by atoms with Crippen LogP contribution in [-0.4, -0.2) is 5.91 Å². The van der Waals surface area contributed by atoms with E-state index in [2.05, 4.69) is 27.3 Å². The van der Waals surface area contributed by atoms with Gasteiger partial charge in [0.2, 0.25) is 5.91 Å². The number of fused-ring (bicyclic) bond motifs is 1. The van der Waals surface area contributed by atoms with Crippen molar-refractivity contribution >= 4 is 27.5 Å². The van der Waals surface area contributed by atoms with Gasteiger partial charge in [-0.1, -0.05) is 30.3 Å². The molecule has 2 nitrogen and oxygen atoms in total. The highest BCUT2D eigenvalue weighted by atomic mass is 79.9. The smallest absolute Gasteiger partial charge is 0.232 e. The molecule has 0 saturated carbocycles. The van der Waals surface area contributed by atoms with Crippen LogP contribution in [0.25, 0.3) is 0 Å². The highest BCUT2D eigenvalue weighted by Gasteiger charge is 2.31. The van der Waals surface area contributed by atoms with Crippen LogP contribution in [0.4, 0.5) is 5.69 Å². The monoisotopic (exact) mass is 315 g/mol. The molecule has 1 atom stereocenters. The lowest BCUT2D eigenvalue weighted by atomic mass is 9.77. The van der Waals surface area contributed by atoms with E-state index in [1.807, 2.05) is 43.3 Å². The van der Waals surface area contributed by atoms with Gasteiger partial charge in [0.05, 0.1) is 11.6 Å². The lowest BCUT2D eigenvalue weighted by Gasteiger charge is -2.29. The molecular weight excluding hydrogens is 302 g/mol. The van der Waals surface area contributed by atoms with Gasteiger partial charge in [-0.15, -0.1) is 0 Å². The number of hydrogen-bond donors (Lipinski definition) is 1. The number of carbonyl (C=O) groups is 1. The summed E-state index contributed by atoms with van der Waals surface area (Å²) < 4.78 is 0.916. The molecule has 0 aliphatic heterocycles. The molecule has 0 spiro atoms. The Labute approximate surface area is 121 Å². The van der Waals surface area contributed by atoms with Crippen LogP contribution in [0.2, 0.25) is 0 Å². The Hall–Kier alpha value is -1.61. The number of rotatable bonds is 2. The van der Waals surface area contributed by atoms with Gasteiger partial charge < -0.3 is 5.32 Å². The SMILES string of the molecule is Cc1ccc(Br)c(NC(=O)C2Cc3ccccc32)c1. The standard InChI is InChI=1S/C16H14BrNO/c1-10-6-7-14(17)15(8-10)18-16(19)13-9-11-4-2-3-5-12(11)13/h2-8,13H,9H2,1H3,(H,18,19). The van der Waals surface area contributed by atoms with E-state index >= 15 is 0 Å². The first-order chi connectivity index (χ1) is 9.15. The van der Waals surface area contributed by atoms with Gasteiger partial charge in [-0.05, 0) is 58.1 Å². The third-order valence-electron chi connectivity index (χ3n) is 3.55. The van der Waals surface area contributed by atoms with Gasteiger partial charge in [0.25, 0.3) is 0 Å². The highest BCUT2D eigenvalue weighted by molar-refractivity contribution is 9.10. The topological polar surface area (TPSA) is 29.1 Å². The Bertz CT molecular complexity index is 651. The molecule has 1 aliphatic rings. The maximum absolute atomic E-state index is 12.3. The molecule has 1 N–H and O–H groups in total. The minimum Gasteiger partial charge on any atom is -0.325 e. The summed E-state index contributed by atoms with van der Waals surface area (Å²) in [5, 5.41) is 3.01. The van der Waals surface area contributed by atoms with Crippen LogP contribution in [0.15, 0.2) is 46.9 Å². The van der Waals surface area contributed by atoms with Crippen LogP contribution >= 0.6 is 15.9 Å². The summed E-state index contributed by atoms with van der Waals surface area (Å²) in [5.74, 6) is 0.0635. The van der Waals surface area contributed by atoms with Crippen molar-refractivity contribution < 1.29 is 4.79 Å². The number of amides is 1. The lowest BCUT2D eigenvalue weighted by Crippen LogP contribution is -2.30. The van der Waals surface area contributed by atoms with Crippen LogP contribution in [-0.2, 0) is 11.2 Å². The zero-order chi connectivity index (χ0) is 13.4. The summed E-state index contributed by atoms with van der Waals surface area (Å²) in [5.41, 5.74) is 4.41. The Balaban J connectivity index is 1.79. The van der Waals surface area contributed by atoms with Gasteiger partial charge in [0.15, 0.2) is 0 Å². The van der Waals surface area contributed by atoms with Gasteiger partial charge in [0.1, 0.15) is 0 Å². The first-order valence-electron chi connectivity index (χ1n) is 6.30. The number of carbonyl (C=O) groups excluding carboxylic acids is 1. The molecule has 19 heavy (non-hydrogen) atoms. The van der Waals surface area contributed by atoms with Gasteiger partial charge >= 0.3 is 0 Å². The van der Waals surface area contributed by atoms with E-state index in [-0.39, 0.29) is 11.8 Å². The van der Waals surface area contributed by atoms with Gasteiger partial charge in [-0.25, -0.2) is 0 Å². The van der Waals surface area contributed by atoms with E-state index in [9.17, 15) is 4.79 Å². The van der Waals surface area contributed by atoms with Crippen molar-refractivity contribution in [1.82, 2.24) is 0 Å². The fourth-order valence-corrected chi connectivity index (χ4v) is 2.79. The van der Waals surface area contributed by atoms with E-state index in [0.29, 0.717) is 0 Å². The van der Waals surface area contributed by atoms with Crippen molar-refractivity contribution in [1.29, 1.82) is 0 Å². The fraction of sp³-hybridized carbons (Fsp3) is 0.188. The predicted molar refractivity (Wildman–Crippen MR) is 80.4 cm³/mol. The van der Waals surface area contributed by atoms with E-state index in [1.165, 1.54) is 5.56 Å². The van der Waals surface area contributed by atoms with Crippen LogP contribution in [0, 0.1) is 6.92 Å². The highest BCUT2D eigenvalue weighted by Crippen LogP contribution is 2.36. The second kappa shape index (κ2) is 4.82. The molecular formula is C16H14BrNO. The molecule has 0 saturated heterocycles. The van der Waals surface area contributed by atoms with Crippen molar-refractivity contribution in [3.8, 4) is 0 Å². The van der Waals surface area contributed by atoms with E-state index in [0.717, 1.165) is 27.7 Å². The number of aryl methyl sites for hydroxylation is 1. The zero-order valence-corrected chi connectivity index (χ0v) is 12.2. The second-order valence-electron chi connectivity index (χ2n) is 4.93. The summed E-state index contributed by atoms with van der Waals surface area (Å²) in [6.45, 7) is 2.01. The summed E-state index contributed by atoms with van der Waals surface area (Å²) in [7, 11) is 0. The molecule has 96 valence electrons. The van der Waals surface area contributed by atoms with Gasteiger partial charge in [-0.3, -0.25) is 4.79 Å². The van der Waals surface area contributed by atoms with Crippen molar-refractivity contribution in [2.24, 2.45) is 0 Å². The lowest BCUT2D eigenvalue weighted by molar-refractivity contribution is -0.118. The van der Waals surface area contributed by atoms with Crippen molar-refractivity contribution in [2.45, 2.75) is 19.3 Å². The maximum atomic E-state index is 12.3. The van der Waals surface area contributed by atoms with Crippen LogP contribution < -0.4 is 5.32 Å². The molecule has 3 heteroatoms. The summed E-state index contributed by atoms with van der Waals surface area (Å²) in [6, 6.07) is 14.1. The first kappa shape index (κ1) is 12.4. The second-order valence-corrected chi connectivity index (χ2v) is 5.78. The first-order valence-corrected chi connectivity index (χ1v) is 7.09. The minimum atomic E-state index is -0.0105. The minimum absolute atomic E-state index is 0.0105. The molecule has 1 aliphatic carbocycles. The maximum Gasteiger partial charge on any atom is 0.232 e. The number of hydrogen-bond acceptors (Lipinski definition) is 1. The molecule has 1 unspecified atom stereocenters. The molecule has 2 aromatic carbocycles. The normalized spacial score (nSPS) is 16.4. The number of nitrogens with one attached hydrogen (secondary N) is 1. The molecule has 3 rings (SSSR count). The Kier molecular flexibility index (Phi) is 3.15. The molecule has 0 fully saturated rings. The number of benzene rings is 2. The van der Waals surface area contributed by atoms with Crippen molar-refractivity contribution in [3.05, 3.63) is 63.6 Å². The Morgan fingerprint density at radius 1 is 1.26 bits per heavy atom. The average molecular weight is 316 g/mol. The van der Waals surface area contributed by atoms with E-state index in [1.54, 1.807) is 0 Å². The summed E-state index contributed by atoms with van der Waals surface area (Å²) in [4.78, 5) is 12.3. The molecule has 0 radical (unpaired) electrons. The van der Waals surface area contributed by atoms with E-state index < -0.39 is 0 Å². The van der Waals surface area contributed by atoms with Crippen LogP contribution in [0.1, 0.15) is 22.6 Å². The van der Waals surface area contributed by atoms with Crippen LogP contribution in [0.3, 0.4) is 0 Å². The van der Waals surface area contributed by atoms with Gasteiger partial charge in [-0.2, -0.15) is 0 Å². The van der Waals surface area contributed by atoms with Crippen molar-refractivity contribution in [2.75, 3.05) is 5.32 Å². The molecule has 2 aromatic rings. The largest absolute Gasteiger partial charge is 0.325 e.